The summed E-state index contributed by atoms with van der Waals surface area (Å²) in [6.45, 7) is 6.34. The zero-order valence-electron chi connectivity index (χ0n) is 11.6. The standard InChI is InChI=1S/C17H19NS/c1-13-4-7-16(8-5-13)19-11-10-18-17-9-6-14(2)12-15(17)3/h4-12,18H,1-3H3/b11-10-. The monoisotopic (exact) mass is 269 g/mol. The number of benzene rings is 2. The molecular formula is C17H19NS. The fourth-order valence-corrected chi connectivity index (χ4v) is 2.42. The Kier molecular flexibility index (Phi) is 4.69. The quantitative estimate of drug-likeness (QED) is 0.757. The first-order chi connectivity index (χ1) is 9.15. The van der Waals surface area contributed by atoms with Gasteiger partial charge in [0.2, 0.25) is 0 Å². The van der Waals surface area contributed by atoms with Gasteiger partial charge in [0.15, 0.2) is 0 Å². The van der Waals surface area contributed by atoms with E-state index in [4.69, 9.17) is 0 Å². The SMILES string of the molecule is Cc1ccc(S/C=C\Nc2ccc(C)cc2C)cc1. The summed E-state index contributed by atoms with van der Waals surface area (Å²) in [5.74, 6) is 0. The van der Waals surface area contributed by atoms with Crippen molar-refractivity contribution in [2.24, 2.45) is 0 Å². The Morgan fingerprint density at radius 1 is 0.895 bits per heavy atom. The van der Waals surface area contributed by atoms with Crippen molar-refractivity contribution in [1.82, 2.24) is 0 Å². The number of anilines is 1. The van der Waals surface area contributed by atoms with Crippen molar-refractivity contribution in [3.8, 4) is 0 Å². The molecule has 2 heteroatoms. The van der Waals surface area contributed by atoms with Gasteiger partial charge in [0.25, 0.3) is 0 Å². The molecule has 0 unspecified atom stereocenters. The molecule has 2 aromatic carbocycles. The van der Waals surface area contributed by atoms with Crippen LogP contribution in [-0.4, -0.2) is 0 Å². The molecule has 98 valence electrons. The van der Waals surface area contributed by atoms with Gasteiger partial charge < -0.3 is 5.32 Å². The summed E-state index contributed by atoms with van der Waals surface area (Å²) in [6.07, 6.45) is 1.99. The average Bonchev–Trinajstić information content (AvgIpc) is 2.39. The Morgan fingerprint density at radius 3 is 2.26 bits per heavy atom. The van der Waals surface area contributed by atoms with Gasteiger partial charge in [-0.2, -0.15) is 0 Å². The van der Waals surface area contributed by atoms with Crippen molar-refractivity contribution >= 4 is 17.4 Å². The van der Waals surface area contributed by atoms with Crippen LogP contribution in [-0.2, 0) is 0 Å². The largest absolute Gasteiger partial charge is 0.361 e. The van der Waals surface area contributed by atoms with Gasteiger partial charge in [-0.3, -0.25) is 0 Å². The smallest absolute Gasteiger partial charge is 0.0409 e. The number of hydrogen-bond donors (Lipinski definition) is 1. The third-order valence-corrected chi connectivity index (χ3v) is 3.73. The van der Waals surface area contributed by atoms with E-state index in [1.807, 2.05) is 6.20 Å². The maximum Gasteiger partial charge on any atom is 0.0409 e. The minimum Gasteiger partial charge on any atom is -0.361 e. The normalized spacial score (nSPS) is 10.9. The summed E-state index contributed by atoms with van der Waals surface area (Å²) in [7, 11) is 0. The maximum atomic E-state index is 3.32. The topological polar surface area (TPSA) is 12.0 Å². The second-order valence-electron chi connectivity index (χ2n) is 4.70. The lowest BCUT2D eigenvalue weighted by Crippen LogP contribution is -1.90. The van der Waals surface area contributed by atoms with Crippen LogP contribution in [0.4, 0.5) is 5.69 Å². The Bertz CT molecular complexity index is 570. The molecule has 2 aromatic rings. The van der Waals surface area contributed by atoms with Crippen LogP contribution < -0.4 is 5.32 Å². The highest BCUT2D eigenvalue weighted by atomic mass is 32.2. The first-order valence-electron chi connectivity index (χ1n) is 6.37. The van der Waals surface area contributed by atoms with E-state index in [9.17, 15) is 0 Å². The van der Waals surface area contributed by atoms with Gasteiger partial charge in [0.05, 0.1) is 0 Å². The first-order valence-corrected chi connectivity index (χ1v) is 7.25. The molecule has 0 aliphatic carbocycles. The van der Waals surface area contributed by atoms with Gasteiger partial charge in [0, 0.05) is 16.8 Å². The molecule has 0 amide bonds. The third-order valence-electron chi connectivity index (χ3n) is 2.91. The zero-order chi connectivity index (χ0) is 13.7. The predicted molar refractivity (Wildman–Crippen MR) is 85.7 cm³/mol. The molecule has 0 atom stereocenters. The Labute approximate surface area is 119 Å². The van der Waals surface area contributed by atoms with E-state index in [0.29, 0.717) is 0 Å². The molecule has 0 fully saturated rings. The molecule has 19 heavy (non-hydrogen) atoms. The van der Waals surface area contributed by atoms with Crippen LogP contribution in [0, 0.1) is 20.8 Å². The molecule has 0 aromatic heterocycles. The second-order valence-corrected chi connectivity index (χ2v) is 5.68. The van der Waals surface area contributed by atoms with Crippen LogP contribution in [0.15, 0.2) is 59.0 Å². The van der Waals surface area contributed by atoms with Gasteiger partial charge in [-0.1, -0.05) is 47.2 Å². The highest BCUT2D eigenvalue weighted by Crippen LogP contribution is 2.20. The lowest BCUT2D eigenvalue weighted by atomic mass is 10.1. The fraction of sp³-hybridized carbons (Fsp3) is 0.176. The lowest BCUT2D eigenvalue weighted by molar-refractivity contribution is 1.37. The number of rotatable bonds is 4. The van der Waals surface area contributed by atoms with Crippen LogP contribution in [0.5, 0.6) is 0 Å². The van der Waals surface area contributed by atoms with Gasteiger partial charge in [-0.15, -0.1) is 0 Å². The number of nitrogens with one attached hydrogen (secondary N) is 1. The highest BCUT2D eigenvalue weighted by Gasteiger charge is 1.95. The maximum absolute atomic E-state index is 3.32. The van der Waals surface area contributed by atoms with Crippen molar-refractivity contribution in [3.05, 3.63) is 70.8 Å². The van der Waals surface area contributed by atoms with Crippen LogP contribution in [0.2, 0.25) is 0 Å². The average molecular weight is 269 g/mol. The minimum absolute atomic E-state index is 1.16. The predicted octanol–water partition coefficient (Wildman–Crippen LogP) is 5.29. The molecule has 0 spiro atoms. The summed E-state index contributed by atoms with van der Waals surface area (Å²) < 4.78 is 0. The highest BCUT2D eigenvalue weighted by molar-refractivity contribution is 8.02. The van der Waals surface area contributed by atoms with Crippen LogP contribution >= 0.6 is 11.8 Å². The van der Waals surface area contributed by atoms with Crippen molar-refractivity contribution < 1.29 is 0 Å². The number of aryl methyl sites for hydroxylation is 3. The van der Waals surface area contributed by atoms with Gasteiger partial charge in [-0.05, 0) is 49.9 Å². The Morgan fingerprint density at radius 2 is 1.58 bits per heavy atom. The van der Waals surface area contributed by atoms with Gasteiger partial charge >= 0.3 is 0 Å². The Balaban J connectivity index is 1.91. The van der Waals surface area contributed by atoms with Crippen molar-refractivity contribution in [1.29, 1.82) is 0 Å². The Hall–Kier alpha value is -1.67. The molecule has 1 N–H and O–H groups in total. The van der Waals surface area contributed by atoms with E-state index < -0.39 is 0 Å². The summed E-state index contributed by atoms with van der Waals surface area (Å²) in [4.78, 5) is 1.25. The molecule has 1 nitrogen and oxygen atoms in total. The number of thioether (sulfide) groups is 1. The van der Waals surface area contributed by atoms with E-state index in [-0.39, 0.29) is 0 Å². The molecule has 0 radical (unpaired) electrons. The minimum atomic E-state index is 1.16. The van der Waals surface area contributed by atoms with E-state index in [0.717, 1.165) is 5.69 Å². The van der Waals surface area contributed by atoms with Gasteiger partial charge in [-0.25, -0.2) is 0 Å². The number of hydrogen-bond acceptors (Lipinski definition) is 2. The van der Waals surface area contributed by atoms with Crippen molar-refractivity contribution in [2.45, 2.75) is 25.7 Å². The molecule has 0 aliphatic rings. The lowest BCUT2D eigenvalue weighted by Gasteiger charge is -2.06. The summed E-state index contributed by atoms with van der Waals surface area (Å²) >= 11 is 1.71. The summed E-state index contributed by atoms with van der Waals surface area (Å²) in [5.41, 5.74) is 5.01. The zero-order valence-corrected chi connectivity index (χ0v) is 12.4. The molecule has 0 heterocycles. The molecule has 0 aliphatic heterocycles. The fourth-order valence-electron chi connectivity index (χ4n) is 1.83. The third kappa shape index (κ3) is 4.18. The van der Waals surface area contributed by atoms with E-state index >= 15 is 0 Å². The summed E-state index contributed by atoms with van der Waals surface area (Å²) in [5, 5.41) is 5.39. The van der Waals surface area contributed by atoms with Gasteiger partial charge in [0.1, 0.15) is 0 Å². The molecule has 0 saturated heterocycles. The second kappa shape index (κ2) is 6.48. The summed E-state index contributed by atoms with van der Waals surface area (Å²) in [6, 6.07) is 15.0. The van der Waals surface area contributed by atoms with Crippen molar-refractivity contribution in [2.75, 3.05) is 5.32 Å². The van der Waals surface area contributed by atoms with E-state index in [2.05, 4.69) is 74.0 Å². The van der Waals surface area contributed by atoms with Crippen molar-refractivity contribution in [3.63, 3.8) is 0 Å². The molecule has 0 saturated carbocycles. The van der Waals surface area contributed by atoms with Crippen LogP contribution in [0.25, 0.3) is 0 Å². The molecule has 0 bridgehead atoms. The van der Waals surface area contributed by atoms with Crippen LogP contribution in [0.3, 0.4) is 0 Å². The van der Waals surface area contributed by atoms with E-state index in [1.165, 1.54) is 21.6 Å². The molecular weight excluding hydrogens is 250 g/mol. The molecule has 2 rings (SSSR count). The van der Waals surface area contributed by atoms with Crippen LogP contribution in [0.1, 0.15) is 16.7 Å². The van der Waals surface area contributed by atoms with E-state index in [1.54, 1.807) is 11.8 Å². The first kappa shape index (κ1) is 13.8.